The quantitative estimate of drug-likeness (QED) is 0.508. The van der Waals surface area contributed by atoms with Gasteiger partial charge >= 0.3 is 6.18 Å². The van der Waals surface area contributed by atoms with E-state index in [-0.39, 0.29) is 16.2 Å². The molecule has 0 radical (unpaired) electrons. The average molecular weight is 433 g/mol. The van der Waals surface area contributed by atoms with Gasteiger partial charge in [-0.3, -0.25) is 14.2 Å². The largest absolute Gasteiger partial charge is 0.408 e. The summed E-state index contributed by atoms with van der Waals surface area (Å²) in [7, 11) is 0. The Morgan fingerprint density at radius 1 is 1.28 bits per heavy atom. The fourth-order valence-corrected chi connectivity index (χ4v) is 2.59. The van der Waals surface area contributed by atoms with Gasteiger partial charge in [0.15, 0.2) is 17.3 Å². The van der Waals surface area contributed by atoms with Gasteiger partial charge in [0, 0.05) is 12.3 Å². The van der Waals surface area contributed by atoms with E-state index in [2.05, 4.69) is 9.97 Å². The standard InChI is InChI=1S/C17H10ClF5N4O2/c1-7(17(21,22)23)25-16(29)10-6-27(15-11(20)4-8(19)5-24-15)14-9(13(10)28)2-3-12(18)26-14/h2-7H,1H3,(H,25,29)/t7-/m0/s1. The summed E-state index contributed by atoms with van der Waals surface area (Å²) in [6.07, 6.45) is -3.29. The Morgan fingerprint density at radius 2 is 1.97 bits per heavy atom. The highest BCUT2D eigenvalue weighted by Crippen LogP contribution is 2.22. The van der Waals surface area contributed by atoms with Crippen LogP contribution in [0.2, 0.25) is 5.15 Å². The summed E-state index contributed by atoms with van der Waals surface area (Å²) in [4.78, 5) is 32.4. The number of halogens is 6. The highest BCUT2D eigenvalue weighted by atomic mass is 35.5. The summed E-state index contributed by atoms with van der Waals surface area (Å²) in [5.41, 5.74) is -1.89. The second kappa shape index (κ2) is 7.39. The third kappa shape index (κ3) is 4.04. The maximum Gasteiger partial charge on any atom is 0.408 e. The number of carbonyl (C=O) groups excluding carboxylic acids is 1. The predicted molar refractivity (Wildman–Crippen MR) is 93.0 cm³/mol. The fraction of sp³-hybridized carbons (Fsp3) is 0.176. The molecule has 0 aromatic carbocycles. The Morgan fingerprint density at radius 3 is 2.59 bits per heavy atom. The van der Waals surface area contributed by atoms with Crippen molar-refractivity contribution in [3.8, 4) is 5.82 Å². The molecule has 6 nitrogen and oxygen atoms in total. The highest BCUT2D eigenvalue weighted by molar-refractivity contribution is 6.29. The molecule has 0 unspecified atom stereocenters. The first-order valence-corrected chi connectivity index (χ1v) is 8.27. The van der Waals surface area contributed by atoms with Crippen LogP contribution in [0.25, 0.3) is 16.9 Å². The molecule has 12 heteroatoms. The molecule has 0 saturated heterocycles. The molecule has 1 N–H and O–H groups in total. The van der Waals surface area contributed by atoms with Gasteiger partial charge in [0.2, 0.25) is 5.43 Å². The molecule has 0 aliphatic carbocycles. The van der Waals surface area contributed by atoms with E-state index in [1.54, 1.807) is 5.32 Å². The Kier molecular flexibility index (Phi) is 5.26. The zero-order chi connectivity index (χ0) is 21.5. The molecule has 1 amide bonds. The van der Waals surface area contributed by atoms with Gasteiger partial charge in [-0.05, 0) is 19.1 Å². The Labute approximate surface area is 164 Å². The van der Waals surface area contributed by atoms with Crippen LogP contribution >= 0.6 is 11.6 Å². The minimum atomic E-state index is -4.74. The van der Waals surface area contributed by atoms with Crippen molar-refractivity contribution in [1.29, 1.82) is 0 Å². The molecule has 0 aliphatic heterocycles. The van der Waals surface area contributed by atoms with E-state index >= 15 is 0 Å². The van der Waals surface area contributed by atoms with Crippen LogP contribution in [0.15, 0.2) is 35.4 Å². The van der Waals surface area contributed by atoms with E-state index in [1.807, 2.05) is 0 Å². The van der Waals surface area contributed by atoms with Crippen LogP contribution in [-0.4, -0.2) is 32.7 Å². The molecule has 0 fully saturated rings. The van der Waals surface area contributed by atoms with Crippen molar-refractivity contribution >= 4 is 28.5 Å². The molecule has 3 heterocycles. The van der Waals surface area contributed by atoms with E-state index in [4.69, 9.17) is 11.6 Å². The molecule has 1 atom stereocenters. The molecule has 3 aromatic rings. The minimum Gasteiger partial charge on any atom is -0.340 e. The van der Waals surface area contributed by atoms with E-state index in [1.165, 1.54) is 12.1 Å². The van der Waals surface area contributed by atoms with Gasteiger partial charge in [-0.25, -0.2) is 18.7 Å². The molecule has 152 valence electrons. The number of carbonyl (C=O) groups is 1. The predicted octanol–water partition coefficient (Wildman–Crippen LogP) is 3.39. The number of rotatable bonds is 3. The van der Waals surface area contributed by atoms with Crippen molar-refractivity contribution in [1.82, 2.24) is 19.9 Å². The first-order valence-electron chi connectivity index (χ1n) is 7.90. The van der Waals surface area contributed by atoms with Crippen molar-refractivity contribution < 1.29 is 26.7 Å². The number of hydrogen-bond acceptors (Lipinski definition) is 4. The van der Waals surface area contributed by atoms with Gasteiger partial charge in [0.1, 0.15) is 22.6 Å². The maximum atomic E-state index is 14.3. The second-order valence-electron chi connectivity index (χ2n) is 5.94. The maximum absolute atomic E-state index is 14.3. The lowest BCUT2D eigenvalue weighted by molar-refractivity contribution is -0.149. The van der Waals surface area contributed by atoms with Crippen LogP contribution in [0, 0.1) is 11.6 Å². The highest BCUT2D eigenvalue weighted by Gasteiger charge is 2.37. The molecule has 29 heavy (non-hydrogen) atoms. The zero-order valence-electron chi connectivity index (χ0n) is 14.4. The molecule has 0 saturated carbocycles. The first kappa shape index (κ1) is 20.6. The lowest BCUT2D eigenvalue weighted by Gasteiger charge is -2.18. The molecule has 0 bridgehead atoms. The molecule has 0 aliphatic rings. The summed E-state index contributed by atoms with van der Waals surface area (Å²) < 4.78 is 66.5. The first-order chi connectivity index (χ1) is 13.5. The van der Waals surface area contributed by atoms with E-state index in [0.717, 1.165) is 10.8 Å². The lowest BCUT2D eigenvalue weighted by atomic mass is 10.1. The Bertz CT molecular complexity index is 1180. The fourth-order valence-electron chi connectivity index (χ4n) is 2.44. The van der Waals surface area contributed by atoms with Crippen LogP contribution < -0.4 is 10.7 Å². The van der Waals surface area contributed by atoms with Gasteiger partial charge in [0.25, 0.3) is 5.91 Å². The normalized spacial score (nSPS) is 12.8. The van der Waals surface area contributed by atoms with Gasteiger partial charge in [-0.2, -0.15) is 13.2 Å². The zero-order valence-corrected chi connectivity index (χ0v) is 15.1. The number of pyridine rings is 3. The number of fused-ring (bicyclic) bond motifs is 1. The van der Waals surface area contributed by atoms with Gasteiger partial charge in [-0.15, -0.1) is 0 Å². The number of nitrogens with one attached hydrogen (secondary N) is 1. The SMILES string of the molecule is C[C@H](NC(=O)c1cn(-c2ncc(F)cc2F)c2nc(Cl)ccc2c1=O)C(F)(F)F. The van der Waals surface area contributed by atoms with Crippen molar-refractivity contribution in [3.63, 3.8) is 0 Å². The minimum absolute atomic E-state index is 0.0870. The monoisotopic (exact) mass is 432 g/mol. The van der Waals surface area contributed by atoms with Crippen LogP contribution in [0.1, 0.15) is 17.3 Å². The third-order valence-corrected chi connectivity index (χ3v) is 4.13. The molecular formula is C17H10ClF5N4O2. The molecule has 0 spiro atoms. The van der Waals surface area contributed by atoms with E-state index < -0.39 is 46.6 Å². The summed E-state index contributed by atoms with van der Waals surface area (Å²) in [5.74, 6) is -4.02. The van der Waals surface area contributed by atoms with Gasteiger partial charge in [0.05, 0.1) is 11.6 Å². The molecular weight excluding hydrogens is 423 g/mol. The number of alkyl halides is 3. The van der Waals surface area contributed by atoms with Crippen LogP contribution in [0.3, 0.4) is 0 Å². The third-order valence-electron chi connectivity index (χ3n) is 3.92. The number of amides is 1. The number of nitrogens with zero attached hydrogens (tertiary/aromatic N) is 3. The molecule has 3 rings (SSSR count). The van der Waals surface area contributed by atoms with Crippen molar-refractivity contribution in [3.05, 3.63) is 63.2 Å². The smallest absolute Gasteiger partial charge is 0.340 e. The van der Waals surface area contributed by atoms with Crippen LogP contribution in [0.5, 0.6) is 0 Å². The van der Waals surface area contributed by atoms with Crippen LogP contribution in [0.4, 0.5) is 22.0 Å². The van der Waals surface area contributed by atoms with Gasteiger partial charge < -0.3 is 5.32 Å². The van der Waals surface area contributed by atoms with E-state index in [9.17, 15) is 31.5 Å². The van der Waals surface area contributed by atoms with E-state index in [0.29, 0.717) is 19.2 Å². The summed E-state index contributed by atoms with van der Waals surface area (Å²) in [6, 6.07) is 0.643. The summed E-state index contributed by atoms with van der Waals surface area (Å²) in [6.45, 7) is 0.694. The summed E-state index contributed by atoms with van der Waals surface area (Å²) in [5, 5.41) is 1.34. The lowest BCUT2D eigenvalue weighted by Crippen LogP contribution is -2.44. The Hall–Kier alpha value is -3.08. The van der Waals surface area contributed by atoms with Crippen molar-refractivity contribution in [2.45, 2.75) is 19.1 Å². The number of aromatic nitrogens is 3. The Balaban J connectivity index is 2.25. The van der Waals surface area contributed by atoms with Crippen molar-refractivity contribution in [2.75, 3.05) is 0 Å². The summed E-state index contributed by atoms with van der Waals surface area (Å²) >= 11 is 5.81. The van der Waals surface area contributed by atoms with Crippen molar-refractivity contribution in [2.24, 2.45) is 0 Å². The molecule has 3 aromatic heterocycles. The van der Waals surface area contributed by atoms with Crippen LogP contribution in [-0.2, 0) is 0 Å². The number of hydrogen-bond donors (Lipinski definition) is 1. The second-order valence-corrected chi connectivity index (χ2v) is 6.33. The topological polar surface area (TPSA) is 76.9 Å². The average Bonchev–Trinajstić information content (AvgIpc) is 2.61. The van der Waals surface area contributed by atoms with Gasteiger partial charge in [-0.1, -0.05) is 11.6 Å².